The van der Waals surface area contributed by atoms with Gasteiger partial charge in [0.1, 0.15) is 11.3 Å². The number of hydrogen-bond donors (Lipinski definition) is 0. The largest absolute Gasteiger partial charge is 0.496 e. The smallest absolute Gasteiger partial charge is 0.289 e. The number of carbonyl (C=O) groups is 1. The average molecular weight is 388 g/mol. The van der Waals surface area contributed by atoms with Crippen molar-refractivity contribution in [2.24, 2.45) is 0 Å². The van der Waals surface area contributed by atoms with Gasteiger partial charge in [0.15, 0.2) is 5.76 Å². The molecule has 0 bridgehead atoms. The zero-order valence-electron chi connectivity index (χ0n) is 13.7. The molecule has 124 valence electrons. The van der Waals surface area contributed by atoms with Crippen molar-refractivity contribution < 1.29 is 13.9 Å². The van der Waals surface area contributed by atoms with Crippen LogP contribution in [0.25, 0.3) is 11.0 Å². The Balaban J connectivity index is 1.90. The summed E-state index contributed by atoms with van der Waals surface area (Å²) in [6, 6.07) is 15.0. The molecule has 0 saturated heterocycles. The van der Waals surface area contributed by atoms with E-state index in [9.17, 15) is 4.79 Å². The molecule has 0 saturated carbocycles. The number of para-hydroxylation sites is 1. The number of fused-ring (bicyclic) bond motifs is 1. The van der Waals surface area contributed by atoms with Gasteiger partial charge in [0.2, 0.25) is 0 Å². The summed E-state index contributed by atoms with van der Waals surface area (Å²) in [7, 11) is 3.40. The van der Waals surface area contributed by atoms with Gasteiger partial charge in [-0.15, -0.1) is 0 Å². The van der Waals surface area contributed by atoms with Crippen molar-refractivity contribution in [1.29, 1.82) is 0 Å². The fourth-order valence-corrected chi connectivity index (χ4v) is 3.07. The number of amides is 1. The summed E-state index contributed by atoms with van der Waals surface area (Å²) in [5.74, 6) is 0.922. The first kappa shape index (κ1) is 16.6. The number of ether oxygens (including phenoxy) is 1. The Morgan fingerprint density at radius 3 is 2.71 bits per heavy atom. The lowest BCUT2D eigenvalue weighted by atomic mass is 10.1. The third-order valence-corrected chi connectivity index (χ3v) is 4.67. The molecule has 0 aliphatic carbocycles. The van der Waals surface area contributed by atoms with Gasteiger partial charge in [-0.3, -0.25) is 4.79 Å². The number of hydrogen-bond acceptors (Lipinski definition) is 3. The van der Waals surface area contributed by atoms with E-state index in [2.05, 4.69) is 15.9 Å². The molecule has 24 heavy (non-hydrogen) atoms. The van der Waals surface area contributed by atoms with E-state index in [4.69, 9.17) is 9.15 Å². The first-order valence-corrected chi connectivity index (χ1v) is 8.39. The molecule has 3 aromatic rings. The molecule has 1 amide bonds. The molecule has 1 unspecified atom stereocenters. The van der Waals surface area contributed by atoms with Crippen molar-refractivity contribution in [2.45, 2.75) is 13.0 Å². The maximum Gasteiger partial charge on any atom is 0.289 e. The molecule has 0 aliphatic rings. The summed E-state index contributed by atoms with van der Waals surface area (Å²) in [6.45, 7) is 1.97. The Hall–Kier alpha value is -2.27. The molecule has 2 aromatic carbocycles. The standard InChI is InChI=1S/C19H18BrNO3/c1-12(15-6-4-5-7-17(15)23-3)21(2)19(22)18-11-13-10-14(20)8-9-16(13)24-18/h4-12H,1-3H3. The van der Waals surface area contributed by atoms with Gasteiger partial charge in [-0.25, -0.2) is 0 Å². The second kappa shape index (κ2) is 6.69. The number of benzene rings is 2. The highest BCUT2D eigenvalue weighted by Gasteiger charge is 2.24. The molecule has 3 rings (SSSR count). The van der Waals surface area contributed by atoms with Crippen molar-refractivity contribution in [3.63, 3.8) is 0 Å². The SMILES string of the molecule is COc1ccccc1C(C)N(C)C(=O)c1cc2cc(Br)ccc2o1. The molecule has 1 heterocycles. The van der Waals surface area contributed by atoms with Crippen LogP contribution in [0.5, 0.6) is 5.75 Å². The lowest BCUT2D eigenvalue weighted by molar-refractivity contribution is 0.0711. The zero-order valence-corrected chi connectivity index (χ0v) is 15.3. The van der Waals surface area contributed by atoms with E-state index in [0.717, 1.165) is 21.2 Å². The summed E-state index contributed by atoms with van der Waals surface area (Å²) >= 11 is 3.43. The molecule has 0 N–H and O–H groups in total. The third-order valence-electron chi connectivity index (χ3n) is 4.18. The average Bonchev–Trinajstić information content (AvgIpc) is 3.02. The summed E-state index contributed by atoms with van der Waals surface area (Å²) in [6.07, 6.45) is 0. The van der Waals surface area contributed by atoms with Crippen LogP contribution in [0, 0.1) is 0 Å². The predicted molar refractivity (Wildman–Crippen MR) is 97.4 cm³/mol. The Labute approximate surface area is 149 Å². The van der Waals surface area contributed by atoms with Crippen LogP contribution in [-0.2, 0) is 0 Å². The molecule has 1 aromatic heterocycles. The molecule has 4 nitrogen and oxygen atoms in total. The minimum Gasteiger partial charge on any atom is -0.496 e. The monoisotopic (exact) mass is 387 g/mol. The van der Waals surface area contributed by atoms with Crippen LogP contribution in [0.1, 0.15) is 29.1 Å². The van der Waals surface area contributed by atoms with Crippen molar-refractivity contribution in [2.75, 3.05) is 14.2 Å². The number of halogens is 1. The summed E-state index contributed by atoms with van der Waals surface area (Å²) in [5.41, 5.74) is 1.65. The normalized spacial score (nSPS) is 12.2. The van der Waals surface area contributed by atoms with Crippen LogP contribution in [0.2, 0.25) is 0 Å². The van der Waals surface area contributed by atoms with Crippen molar-refractivity contribution in [3.05, 3.63) is 64.3 Å². The summed E-state index contributed by atoms with van der Waals surface area (Å²) in [5, 5.41) is 0.895. The van der Waals surface area contributed by atoms with E-state index in [1.807, 2.05) is 49.4 Å². The predicted octanol–water partition coefficient (Wildman–Crippen LogP) is 5.04. The highest BCUT2D eigenvalue weighted by molar-refractivity contribution is 9.10. The molecular formula is C19H18BrNO3. The van der Waals surface area contributed by atoms with Gasteiger partial charge in [-0.1, -0.05) is 34.1 Å². The molecular weight excluding hydrogens is 370 g/mol. The maximum atomic E-state index is 12.8. The molecule has 0 radical (unpaired) electrons. The van der Waals surface area contributed by atoms with Crippen LogP contribution < -0.4 is 4.74 Å². The lowest BCUT2D eigenvalue weighted by Gasteiger charge is -2.25. The second-order valence-electron chi connectivity index (χ2n) is 5.63. The number of carbonyl (C=O) groups excluding carboxylic acids is 1. The van der Waals surface area contributed by atoms with Crippen LogP contribution in [0.15, 0.2) is 57.4 Å². The van der Waals surface area contributed by atoms with Crippen LogP contribution in [-0.4, -0.2) is 25.0 Å². The number of rotatable bonds is 4. The van der Waals surface area contributed by atoms with Gasteiger partial charge in [-0.2, -0.15) is 0 Å². The van der Waals surface area contributed by atoms with E-state index in [-0.39, 0.29) is 11.9 Å². The molecule has 5 heteroatoms. The Bertz CT molecular complexity index is 887. The molecule has 1 atom stereocenters. The Kier molecular flexibility index (Phi) is 4.62. The van der Waals surface area contributed by atoms with Crippen molar-refractivity contribution >= 4 is 32.8 Å². The quantitative estimate of drug-likeness (QED) is 0.629. The summed E-state index contributed by atoms with van der Waals surface area (Å²) < 4.78 is 12.1. The number of methoxy groups -OCH3 is 1. The van der Waals surface area contributed by atoms with E-state index >= 15 is 0 Å². The van der Waals surface area contributed by atoms with Gasteiger partial charge in [0, 0.05) is 22.5 Å². The first-order chi connectivity index (χ1) is 11.5. The molecule has 0 aliphatic heterocycles. The van der Waals surface area contributed by atoms with Gasteiger partial charge in [0.25, 0.3) is 5.91 Å². The second-order valence-corrected chi connectivity index (χ2v) is 6.54. The van der Waals surface area contributed by atoms with Gasteiger partial charge in [-0.05, 0) is 37.3 Å². The fourth-order valence-electron chi connectivity index (χ4n) is 2.69. The van der Waals surface area contributed by atoms with Gasteiger partial charge < -0.3 is 14.1 Å². The third kappa shape index (κ3) is 3.04. The van der Waals surface area contributed by atoms with Crippen LogP contribution in [0.3, 0.4) is 0 Å². The van der Waals surface area contributed by atoms with Gasteiger partial charge in [0.05, 0.1) is 13.2 Å². The van der Waals surface area contributed by atoms with Crippen molar-refractivity contribution in [3.8, 4) is 5.75 Å². The minimum absolute atomic E-state index is 0.145. The van der Waals surface area contributed by atoms with E-state index < -0.39 is 0 Å². The highest BCUT2D eigenvalue weighted by Crippen LogP contribution is 2.30. The fraction of sp³-hybridized carbons (Fsp3) is 0.211. The molecule has 0 spiro atoms. The van der Waals surface area contributed by atoms with Crippen LogP contribution in [0.4, 0.5) is 0 Å². The molecule has 0 fully saturated rings. The minimum atomic E-state index is -0.166. The zero-order chi connectivity index (χ0) is 17.3. The maximum absolute atomic E-state index is 12.8. The van der Waals surface area contributed by atoms with Crippen molar-refractivity contribution in [1.82, 2.24) is 4.90 Å². The first-order valence-electron chi connectivity index (χ1n) is 7.60. The van der Waals surface area contributed by atoms with E-state index in [1.54, 1.807) is 25.1 Å². The Morgan fingerprint density at radius 1 is 1.21 bits per heavy atom. The lowest BCUT2D eigenvalue weighted by Crippen LogP contribution is -2.29. The Morgan fingerprint density at radius 2 is 1.96 bits per heavy atom. The number of furan rings is 1. The topological polar surface area (TPSA) is 42.7 Å². The van der Waals surface area contributed by atoms with E-state index in [1.165, 1.54) is 0 Å². The van der Waals surface area contributed by atoms with Crippen LogP contribution >= 0.6 is 15.9 Å². The summed E-state index contributed by atoms with van der Waals surface area (Å²) in [4.78, 5) is 14.5. The highest BCUT2D eigenvalue weighted by atomic mass is 79.9. The van der Waals surface area contributed by atoms with E-state index in [0.29, 0.717) is 11.3 Å². The van der Waals surface area contributed by atoms with Gasteiger partial charge >= 0.3 is 0 Å². The number of nitrogens with zero attached hydrogens (tertiary/aromatic N) is 1.